The Bertz CT molecular complexity index is 460. The minimum absolute atomic E-state index is 0.0452. The smallest absolute Gasteiger partial charge is 0.225 e. The van der Waals surface area contributed by atoms with Crippen LogP contribution in [0.25, 0.3) is 0 Å². The number of hydrogen-bond donors (Lipinski definition) is 2. The molecule has 0 aliphatic carbocycles. The summed E-state index contributed by atoms with van der Waals surface area (Å²) in [6.45, 7) is 6.31. The third-order valence-electron chi connectivity index (χ3n) is 2.21. The number of aliphatic hydroxyl groups excluding tert-OH is 1. The molecule has 0 spiro atoms. The maximum atomic E-state index is 11.7. The van der Waals surface area contributed by atoms with Crippen molar-refractivity contribution in [3.05, 3.63) is 21.9 Å². The second-order valence-corrected chi connectivity index (χ2v) is 6.14. The number of rotatable bonds is 3. The molecule has 18 heavy (non-hydrogen) atoms. The fraction of sp³-hybridized carbons (Fsp3) is 0.500. The number of carbonyl (C=O) groups excluding carboxylic acids is 1. The van der Waals surface area contributed by atoms with Crippen LogP contribution in [0.2, 0.25) is 0 Å². The van der Waals surface area contributed by atoms with Gasteiger partial charge in [0, 0.05) is 16.7 Å². The SMILES string of the molecule is CC(C)(C)C(=O)NCc1ccc(C#CCCO)s1. The van der Waals surface area contributed by atoms with Gasteiger partial charge in [0.05, 0.1) is 18.0 Å². The van der Waals surface area contributed by atoms with Crippen molar-refractivity contribution < 1.29 is 9.90 Å². The van der Waals surface area contributed by atoms with Crippen LogP contribution >= 0.6 is 11.3 Å². The van der Waals surface area contributed by atoms with E-state index >= 15 is 0 Å². The lowest BCUT2D eigenvalue weighted by Crippen LogP contribution is -2.34. The third kappa shape index (κ3) is 4.91. The molecule has 0 saturated carbocycles. The fourth-order valence-corrected chi connectivity index (χ4v) is 2.00. The molecule has 4 heteroatoms. The zero-order chi connectivity index (χ0) is 13.6. The number of carbonyl (C=O) groups is 1. The van der Waals surface area contributed by atoms with E-state index in [0.717, 1.165) is 9.75 Å². The van der Waals surface area contributed by atoms with Gasteiger partial charge >= 0.3 is 0 Å². The Kier molecular flexibility index (Phi) is 5.39. The van der Waals surface area contributed by atoms with E-state index in [1.807, 2.05) is 32.9 Å². The molecular formula is C14H19NO2S. The van der Waals surface area contributed by atoms with Crippen molar-refractivity contribution in [1.82, 2.24) is 5.32 Å². The fourth-order valence-electron chi connectivity index (χ4n) is 1.18. The van der Waals surface area contributed by atoms with Crippen LogP contribution in [0.15, 0.2) is 12.1 Å². The molecule has 0 unspecified atom stereocenters. The predicted octanol–water partition coefficient (Wildman–Crippen LogP) is 2.14. The Balaban J connectivity index is 2.51. The van der Waals surface area contributed by atoms with Gasteiger partial charge in [0.25, 0.3) is 0 Å². The van der Waals surface area contributed by atoms with Crippen molar-refractivity contribution in [1.29, 1.82) is 0 Å². The molecule has 0 fully saturated rings. The van der Waals surface area contributed by atoms with Crippen molar-refractivity contribution in [3.8, 4) is 11.8 Å². The molecule has 0 aromatic carbocycles. The van der Waals surface area contributed by atoms with Gasteiger partial charge in [0.2, 0.25) is 5.91 Å². The maximum absolute atomic E-state index is 11.7. The summed E-state index contributed by atoms with van der Waals surface area (Å²) in [5.41, 5.74) is -0.360. The van der Waals surface area contributed by atoms with Crippen molar-refractivity contribution in [2.24, 2.45) is 5.41 Å². The molecule has 1 aromatic heterocycles. The summed E-state index contributed by atoms with van der Waals surface area (Å²) in [4.78, 5) is 13.7. The molecule has 0 radical (unpaired) electrons. The van der Waals surface area contributed by atoms with Gasteiger partial charge in [0.15, 0.2) is 0 Å². The van der Waals surface area contributed by atoms with E-state index in [2.05, 4.69) is 17.2 Å². The molecule has 1 amide bonds. The number of amides is 1. The third-order valence-corrected chi connectivity index (χ3v) is 3.22. The highest BCUT2D eigenvalue weighted by Crippen LogP contribution is 2.17. The minimum Gasteiger partial charge on any atom is -0.395 e. The van der Waals surface area contributed by atoms with Crippen LogP contribution in [-0.4, -0.2) is 17.6 Å². The minimum atomic E-state index is -0.360. The highest BCUT2D eigenvalue weighted by molar-refractivity contribution is 7.12. The normalized spacial score (nSPS) is 10.7. The average molecular weight is 265 g/mol. The predicted molar refractivity (Wildman–Crippen MR) is 74.2 cm³/mol. The van der Waals surface area contributed by atoms with Crippen LogP contribution in [0.4, 0.5) is 0 Å². The molecule has 98 valence electrons. The number of hydrogen-bond acceptors (Lipinski definition) is 3. The summed E-state index contributed by atoms with van der Waals surface area (Å²) >= 11 is 1.57. The zero-order valence-electron chi connectivity index (χ0n) is 11.0. The van der Waals surface area contributed by atoms with Crippen molar-refractivity contribution in [3.63, 3.8) is 0 Å². The highest BCUT2D eigenvalue weighted by atomic mass is 32.1. The number of thiophene rings is 1. The largest absolute Gasteiger partial charge is 0.395 e. The summed E-state index contributed by atoms with van der Waals surface area (Å²) in [6, 6.07) is 3.91. The average Bonchev–Trinajstić information content (AvgIpc) is 2.73. The monoisotopic (exact) mass is 265 g/mol. The van der Waals surface area contributed by atoms with Gasteiger partial charge in [-0.15, -0.1) is 11.3 Å². The Morgan fingerprint density at radius 1 is 1.44 bits per heavy atom. The summed E-state index contributed by atoms with van der Waals surface area (Å²) in [7, 11) is 0. The molecule has 0 bridgehead atoms. The first kappa shape index (κ1) is 14.7. The quantitative estimate of drug-likeness (QED) is 0.823. The van der Waals surface area contributed by atoms with Crippen LogP contribution < -0.4 is 5.32 Å². The van der Waals surface area contributed by atoms with E-state index in [-0.39, 0.29) is 17.9 Å². The van der Waals surface area contributed by atoms with Gasteiger partial charge in [-0.3, -0.25) is 4.79 Å². The molecule has 3 nitrogen and oxygen atoms in total. The zero-order valence-corrected chi connectivity index (χ0v) is 11.9. The second-order valence-electron chi connectivity index (χ2n) is 4.97. The van der Waals surface area contributed by atoms with Crippen LogP contribution in [0.5, 0.6) is 0 Å². The summed E-state index contributed by atoms with van der Waals surface area (Å²) in [5.74, 6) is 5.90. The van der Waals surface area contributed by atoms with E-state index < -0.39 is 0 Å². The number of aliphatic hydroxyl groups is 1. The van der Waals surface area contributed by atoms with E-state index in [4.69, 9.17) is 5.11 Å². The first-order valence-electron chi connectivity index (χ1n) is 5.90. The summed E-state index contributed by atoms with van der Waals surface area (Å²) in [5, 5.41) is 11.5. The Morgan fingerprint density at radius 3 is 2.78 bits per heavy atom. The number of nitrogens with one attached hydrogen (secondary N) is 1. The second kappa shape index (κ2) is 6.58. The first-order valence-corrected chi connectivity index (χ1v) is 6.72. The maximum Gasteiger partial charge on any atom is 0.225 e. The van der Waals surface area contributed by atoms with Crippen molar-refractivity contribution in [2.45, 2.75) is 33.7 Å². The van der Waals surface area contributed by atoms with Crippen LogP contribution in [0, 0.1) is 17.3 Å². The molecule has 0 atom stereocenters. The summed E-state index contributed by atoms with van der Waals surface area (Å²) in [6.07, 6.45) is 0.494. The molecule has 2 N–H and O–H groups in total. The molecule has 1 rings (SSSR count). The highest BCUT2D eigenvalue weighted by Gasteiger charge is 2.20. The molecular weight excluding hydrogens is 246 g/mol. The lowest BCUT2D eigenvalue weighted by atomic mass is 9.96. The first-order chi connectivity index (χ1) is 8.43. The van der Waals surface area contributed by atoms with E-state index in [1.165, 1.54) is 0 Å². The van der Waals surface area contributed by atoms with Crippen LogP contribution in [0.3, 0.4) is 0 Å². The molecule has 1 aromatic rings. The Morgan fingerprint density at radius 2 is 2.17 bits per heavy atom. The Hall–Kier alpha value is -1.31. The summed E-state index contributed by atoms with van der Waals surface area (Å²) < 4.78 is 0. The van der Waals surface area contributed by atoms with Crippen molar-refractivity contribution >= 4 is 17.2 Å². The van der Waals surface area contributed by atoms with Gasteiger partial charge in [-0.25, -0.2) is 0 Å². The Labute approximate surface area is 112 Å². The van der Waals surface area contributed by atoms with Gasteiger partial charge in [-0.05, 0) is 12.1 Å². The molecule has 0 aliphatic rings. The molecule has 0 saturated heterocycles. The van der Waals surface area contributed by atoms with Gasteiger partial charge < -0.3 is 10.4 Å². The molecule has 0 aliphatic heterocycles. The van der Waals surface area contributed by atoms with E-state index in [1.54, 1.807) is 11.3 Å². The van der Waals surface area contributed by atoms with Gasteiger partial charge in [-0.2, -0.15) is 0 Å². The lowest BCUT2D eigenvalue weighted by molar-refractivity contribution is -0.128. The lowest BCUT2D eigenvalue weighted by Gasteiger charge is -2.17. The topological polar surface area (TPSA) is 49.3 Å². The molecule has 1 heterocycles. The van der Waals surface area contributed by atoms with E-state index in [9.17, 15) is 4.79 Å². The van der Waals surface area contributed by atoms with Crippen LogP contribution in [-0.2, 0) is 11.3 Å². The van der Waals surface area contributed by atoms with E-state index in [0.29, 0.717) is 13.0 Å². The van der Waals surface area contributed by atoms with Gasteiger partial charge in [-0.1, -0.05) is 32.6 Å². The van der Waals surface area contributed by atoms with Gasteiger partial charge in [0.1, 0.15) is 0 Å². The van der Waals surface area contributed by atoms with Crippen LogP contribution in [0.1, 0.15) is 36.9 Å². The van der Waals surface area contributed by atoms with Crippen molar-refractivity contribution in [2.75, 3.05) is 6.61 Å². The standard InChI is InChI=1S/C14H19NO2S/c1-14(2,3)13(17)15-10-12-8-7-11(18-12)6-4-5-9-16/h7-8,16H,5,9-10H2,1-3H3,(H,15,17).